The van der Waals surface area contributed by atoms with Gasteiger partial charge in [-0.15, -0.1) is 0 Å². The summed E-state index contributed by atoms with van der Waals surface area (Å²) in [5, 5.41) is 7.12. The van der Waals surface area contributed by atoms with Crippen molar-refractivity contribution in [3.63, 3.8) is 0 Å². The number of benzene rings is 2. The predicted octanol–water partition coefficient (Wildman–Crippen LogP) is 4.69. The van der Waals surface area contributed by atoms with E-state index < -0.39 is 6.04 Å². The number of methoxy groups -OCH3 is 1. The van der Waals surface area contributed by atoms with Gasteiger partial charge in [0.1, 0.15) is 6.04 Å². The minimum Gasteiger partial charge on any atom is -0.469 e. The summed E-state index contributed by atoms with van der Waals surface area (Å²) in [6, 6.07) is 14.6. The molecule has 2 amide bonds. The molecule has 5 atom stereocenters. The first-order valence-corrected chi connectivity index (χ1v) is 16.0. The average Bonchev–Trinajstić information content (AvgIpc) is 3.34. The van der Waals surface area contributed by atoms with Gasteiger partial charge in [0.15, 0.2) is 0 Å². The van der Waals surface area contributed by atoms with Gasteiger partial charge in [-0.1, -0.05) is 60.8 Å². The van der Waals surface area contributed by atoms with Gasteiger partial charge >= 0.3 is 5.97 Å². The van der Waals surface area contributed by atoms with E-state index in [1.54, 1.807) is 0 Å². The zero-order valence-electron chi connectivity index (χ0n) is 24.4. The number of hydrogen-bond acceptors (Lipinski definition) is 5. The molecule has 2 aliphatic heterocycles. The molecule has 6 rings (SSSR count). The van der Waals surface area contributed by atoms with E-state index in [-0.39, 0.29) is 35.2 Å². The molecule has 7 nitrogen and oxygen atoms in total. The molecule has 2 saturated carbocycles. The maximum Gasteiger partial charge on any atom is 0.308 e. The summed E-state index contributed by atoms with van der Waals surface area (Å²) >= 11 is 6.12. The van der Waals surface area contributed by atoms with E-state index in [0.29, 0.717) is 49.3 Å². The Morgan fingerprint density at radius 3 is 2.50 bits per heavy atom. The molecule has 224 valence electrons. The van der Waals surface area contributed by atoms with E-state index in [1.165, 1.54) is 37.5 Å². The highest BCUT2D eigenvalue weighted by atomic mass is 35.5. The van der Waals surface area contributed by atoms with Gasteiger partial charge in [-0.05, 0) is 84.6 Å². The lowest BCUT2D eigenvalue weighted by Gasteiger charge is -2.46. The molecule has 2 heterocycles. The van der Waals surface area contributed by atoms with Crippen molar-refractivity contribution in [1.29, 1.82) is 0 Å². The summed E-state index contributed by atoms with van der Waals surface area (Å²) < 4.78 is 5.22. The van der Waals surface area contributed by atoms with Gasteiger partial charge in [-0.3, -0.25) is 14.4 Å². The number of likely N-dealkylation sites (tertiary alicyclic amines) is 1. The molecular formula is C34H42ClN3O4. The number of carbonyl (C=O) groups is 3. The Morgan fingerprint density at radius 1 is 1.05 bits per heavy atom. The van der Waals surface area contributed by atoms with E-state index in [1.807, 2.05) is 41.3 Å². The number of fused-ring (bicyclic) bond motifs is 3. The molecule has 2 N–H and O–H groups in total. The third-order valence-electron chi connectivity index (χ3n) is 10.7. The van der Waals surface area contributed by atoms with Gasteiger partial charge in [0, 0.05) is 31.1 Å². The van der Waals surface area contributed by atoms with Crippen molar-refractivity contribution >= 4 is 29.4 Å². The predicted molar refractivity (Wildman–Crippen MR) is 162 cm³/mol. The number of amides is 2. The van der Waals surface area contributed by atoms with Crippen LogP contribution in [0, 0.1) is 23.2 Å². The molecule has 4 aliphatic rings. The maximum atomic E-state index is 14.1. The Bertz CT molecular complexity index is 1310. The zero-order valence-corrected chi connectivity index (χ0v) is 25.2. The molecule has 2 aromatic rings. The molecule has 1 spiro atoms. The fraction of sp³-hybridized carbons (Fsp3) is 0.559. The highest BCUT2D eigenvalue weighted by molar-refractivity contribution is 6.30. The van der Waals surface area contributed by atoms with Crippen LogP contribution in [-0.4, -0.2) is 55.0 Å². The number of carbonyl (C=O) groups excluding carboxylic acids is 3. The second kappa shape index (κ2) is 12.4. The van der Waals surface area contributed by atoms with Crippen molar-refractivity contribution < 1.29 is 19.1 Å². The van der Waals surface area contributed by atoms with E-state index in [4.69, 9.17) is 16.3 Å². The molecular weight excluding hydrogens is 550 g/mol. The Kier molecular flexibility index (Phi) is 8.60. The first-order valence-electron chi connectivity index (χ1n) is 15.6. The lowest BCUT2D eigenvalue weighted by Crippen LogP contribution is -2.57. The third-order valence-corrected chi connectivity index (χ3v) is 10.9. The monoisotopic (exact) mass is 591 g/mol. The Morgan fingerprint density at radius 2 is 1.76 bits per heavy atom. The van der Waals surface area contributed by atoms with Gasteiger partial charge in [-0.2, -0.15) is 0 Å². The minimum absolute atomic E-state index is 0.0207. The summed E-state index contributed by atoms with van der Waals surface area (Å²) in [6.07, 6.45) is 8.34. The summed E-state index contributed by atoms with van der Waals surface area (Å²) in [5.41, 5.74) is 3.42. The average molecular weight is 592 g/mol. The second-order valence-corrected chi connectivity index (χ2v) is 13.3. The van der Waals surface area contributed by atoms with Crippen LogP contribution in [-0.2, 0) is 38.5 Å². The van der Waals surface area contributed by atoms with Gasteiger partial charge in [-0.25, -0.2) is 0 Å². The van der Waals surface area contributed by atoms with E-state index in [2.05, 4.69) is 22.8 Å². The first-order chi connectivity index (χ1) is 20.4. The normalized spacial score (nSPS) is 27.0. The molecule has 3 fully saturated rings. The second-order valence-electron chi connectivity index (χ2n) is 12.9. The van der Waals surface area contributed by atoms with E-state index in [0.717, 1.165) is 31.2 Å². The number of ether oxygens (including phenoxy) is 1. The van der Waals surface area contributed by atoms with Crippen molar-refractivity contribution in [2.24, 2.45) is 23.2 Å². The first kappa shape index (κ1) is 29.2. The van der Waals surface area contributed by atoms with Crippen LogP contribution in [0.25, 0.3) is 0 Å². The van der Waals surface area contributed by atoms with Crippen molar-refractivity contribution in [2.45, 2.75) is 76.4 Å². The van der Waals surface area contributed by atoms with Crippen LogP contribution >= 0.6 is 11.6 Å². The molecule has 0 radical (unpaired) electrons. The third kappa shape index (κ3) is 5.83. The standard InChI is InChI=1S/C34H42ClN3O4/c1-42-33(41)27-20-34(28-9-5-4-8-26(27)28)14-16-38(17-15-34)32(40)30(18-22-10-12-25(35)13-11-22)37-31(39)29-19-23-6-2-3-7-24(23)21-36-29/h2-3,6-7,10-13,26-30,36H,4-5,8-9,14-21H2,1H3,(H,37,39)/t26?,27-,28?,29-,30-/m1/s1. The zero-order chi connectivity index (χ0) is 29.3. The van der Waals surface area contributed by atoms with Crippen LogP contribution in [0.15, 0.2) is 48.5 Å². The smallest absolute Gasteiger partial charge is 0.308 e. The van der Waals surface area contributed by atoms with Crippen LogP contribution in [0.3, 0.4) is 0 Å². The van der Waals surface area contributed by atoms with Crippen LogP contribution in [0.5, 0.6) is 0 Å². The van der Waals surface area contributed by atoms with Gasteiger partial charge in [0.25, 0.3) is 0 Å². The lowest BCUT2D eigenvalue weighted by molar-refractivity contribution is -0.147. The SMILES string of the molecule is COC(=O)[C@@H]1CC2(CCN(C(=O)[C@@H](Cc3ccc(Cl)cc3)NC(=O)[C@H]3Cc4ccccc4CN3)CC2)C2CCCCC21. The highest BCUT2D eigenvalue weighted by Crippen LogP contribution is 2.60. The van der Waals surface area contributed by atoms with Crippen molar-refractivity contribution in [1.82, 2.24) is 15.5 Å². The highest BCUT2D eigenvalue weighted by Gasteiger charge is 2.56. The van der Waals surface area contributed by atoms with E-state index in [9.17, 15) is 14.4 Å². The minimum atomic E-state index is -0.666. The molecule has 2 aromatic carbocycles. The van der Waals surface area contributed by atoms with Crippen LogP contribution < -0.4 is 10.6 Å². The van der Waals surface area contributed by atoms with Crippen LogP contribution in [0.4, 0.5) is 0 Å². The number of esters is 1. The van der Waals surface area contributed by atoms with Crippen LogP contribution in [0.2, 0.25) is 5.02 Å². The molecule has 1 saturated heterocycles. The summed E-state index contributed by atoms with van der Waals surface area (Å²) in [4.78, 5) is 42.3. The number of hydrogen-bond donors (Lipinski definition) is 2. The fourth-order valence-corrected chi connectivity index (χ4v) is 8.61. The number of nitrogens with zero attached hydrogens (tertiary/aromatic N) is 1. The summed E-state index contributed by atoms with van der Waals surface area (Å²) in [6.45, 7) is 1.93. The topological polar surface area (TPSA) is 87.7 Å². The maximum absolute atomic E-state index is 14.1. The lowest BCUT2D eigenvalue weighted by atomic mass is 9.65. The molecule has 42 heavy (non-hydrogen) atoms. The summed E-state index contributed by atoms with van der Waals surface area (Å²) in [5.74, 6) is 0.662. The summed E-state index contributed by atoms with van der Waals surface area (Å²) in [7, 11) is 1.50. The van der Waals surface area contributed by atoms with Crippen molar-refractivity contribution in [2.75, 3.05) is 20.2 Å². The Balaban J connectivity index is 1.16. The molecule has 8 heteroatoms. The van der Waals surface area contributed by atoms with Gasteiger partial charge in [0.05, 0.1) is 19.1 Å². The Labute approximate surface area is 253 Å². The molecule has 2 unspecified atom stereocenters. The van der Waals surface area contributed by atoms with Crippen LogP contribution in [0.1, 0.15) is 61.6 Å². The molecule has 2 aliphatic carbocycles. The number of halogens is 1. The number of piperidine rings is 1. The molecule has 0 aromatic heterocycles. The van der Waals surface area contributed by atoms with Gasteiger partial charge in [0.2, 0.25) is 11.8 Å². The van der Waals surface area contributed by atoms with Crippen molar-refractivity contribution in [3.05, 3.63) is 70.2 Å². The Hall–Kier alpha value is -2.90. The fourth-order valence-electron chi connectivity index (χ4n) is 8.49. The number of nitrogens with one attached hydrogen (secondary N) is 2. The molecule has 0 bridgehead atoms. The van der Waals surface area contributed by atoms with Crippen molar-refractivity contribution in [3.8, 4) is 0 Å². The largest absolute Gasteiger partial charge is 0.469 e. The quantitative estimate of drug-likeness (QED) is 0.476. The van der Waals surface area contributed by atoms with E-state index >= 15 is 0 Å². The number of rotatable bonds is 6. The van der Waals surface area contributed by atoms with Gasteiger partial charge < -0.3 is 20.3 Å².